The number of hydrogen-bond donors (Lipinski definition) is 3. The van der Waals surface area contributed by atoms with Crippen LogP contribution in [0.1, 0.15) is 56.5 Å². The van der Waals surface area contributed by atoms with Crippen LogP contribution >= 0.6 is 0 Å². The Bertz CT molecular complexity index is 959. The molecule has 0 radical (unpaired) electrons. The third-order valence-electron chi connectivity index (χ3n) is 4.27. The van der Waals surface area contributed by atoms with Crippen LogP contribution in [0.2, 0.25) is 0 Å². The minimum atomic E-state index is -1.04. The van der Waals surface area contributed by atoms with E-state index >= 15 is 0 Å². The molecule has 0 saturated heterocycles. The summed E-state index contributed by atoms with van der Waals surface area (Å²) in [7, 11) is 0. The molecule has 27 heavy (non-hydrogen) atoms. The predicted molar refractivity (Wildman–Crippen MR) is 102 cm³/mol. The monoisotopic (exact) mass is 374 g/mol. The quantitative estimate of drug-likeness (QED) is 0.711. The Morgan fingerprint density at radius 3 is 2.67 bits per heavy atom. The van der Waals surface area contributed by atoms with Crippen molar-refractivity contribution in [2.75, 3.05) is 0 Å². The fraction of sp³-hybridized carbons (Fsp3) is 0.526. The zero-order valence-electron chi connectivity index (χ0n) is 16.1. The highest BCUT2D eigenvalue weighted by Crippen LogP contribution is 2.25. The lowest BCUT2D eigenvalue weighted by atomic mass is 10.1. The molecule has 2 heterocycles. The number of hydrogen-bond acceptors (Lipinski definition) is 5. The highest BCUT2D eigenvalue weighted by molar-refractivity contribution is 5.96. The Hall–Kier alpha value is -2.61. The van der Waals surface area contributed by atoms with Crippen LogP contribution < -0.4 is 10.9 Å². The van der Waals surface area contributed by atoms with Gasteiger partial charge in [-0.05, 0) is 32.6 Å². The number of aliphatic hydroxyl groups is 1. The van der Waals surface area contributed by atoms with Gasteiger partial charge in [0.05, 0.1) is 11.8 Å². The van der Waals surface area contributed by atoms with Crippen molar-refractivity contribution in [1.29, 1.82) is 0 Å². The highest BCUT2D eigenvalue weighted by atomic mass is 16.3. The lowest BCUT2D eigenvalue weighted by Gasteiger charge is -2.17. The Kier molecular flexibility index (Phi) is 4.86. The van der Waals surface area contributed by atoms with Gasteiger partial charge in [0.2, 0.25) is 5.88 Å². The van der Waals surface area contributed by atoms with Gasteiger partial charge in [-0.1, -0.05) is 26.0 Å². The SMILES string of the molecule is CC(C)Cn1c(O)c(C(=O)NC2CC2)c(=O)n2ncc(/C=C/C(C)(C)O)c12. The Labute approximate surface area is 157 Å². The maximum Gasteiger partial charge on any atom is 0.291 e. The molecule has 3 N–H and O–H groups in total. The molecule has 0 aromatic carbocycles. The first kappa shape index (κ1) is 19.2. The number of aromatic nitrogens is 3. The molecule has 146 valence electrons. The average molecular weight is 374 g/mol. The van der Waals surface area contributed by atoms with Crippen LogP contribution in [0, 0.1) is 5.92 Å². The fourth-order valence-corrected chi connectivity index (χ4v) is 2.84. The zero-order valence-corrected chi connectivity index (χ0v) is 16.1. The van der Waals surface area contributed by atoms with E-state index in [4.69, 9.17) is 0 Å². The van der Waals surface area contributed by atoms with Gasteiger partial charge in [-0.2, -0.15) is 9.61 Å². The first-order chi connectivity index (χ1) is 12.6. The smallest absolute Gasteiger partial charge is 0.291 e. The van der Waals surface area contributed by atoms with Gasteiger partial charge in [-0.3, -0.25) is 14.2 Å². The molecule has 1 saturated carbocycles. The molecule has 0 atom stereocenters. The maximum absolute atomic E-state index is 12.8. The molecule has 2 aromatic heterocycles. The summed E-state index contributed by atoms with van der Waals surface area (Å²) in [4.78, 5) is 25.3. The average Bonchev–Trinajstić information content (AvgIpc) is 3.24. The molecule has 0 spiro atoms. The van der Waals surface area contributed by atoms with Crippen molar-refractivity contribution in [3.63, 3.8) is 0 Å². The van der Waals surface area contributed by atoms with Gasteiger partial charge in [-0.15, -0.1) is 0 Å². The summed E-state index contributed by atoms with van der Waals surface area (Å²) >= 11 is 0. The number of carbonyl (C=O) groups is 1. The minimum Gasteiger partial charge on any atom is -0.494 e. The first-order valence-electron chi connectivity index (χ1n) is 9.14. The third kappa shape index (κ3) is 4.05. The van der Waals surface area contributed by atoms with Crippen molar-refractivity contribution in [2.24, 2.45) is 5.92 Å². The van der Waals surface area contributed by atoms with E-state index in [1.54, 1.807) is 26.0 Å². The largest absolute Gasteiger partial charge is 0.494 e. The molecular weight excluding hydrogens is 348 g/mol. The van der Waals surface area contributed by atoms with E-state index in [1.165, 1.54) is 10.8 Å². The Balaban J connectivity index is 2.21. The Morgan fingerprint density at radius 1 is 1.44 bits per heavy atom. The topological polar surface area (TPSA) is 109 Å². The second-order valence-electron chi connectivity index (χ2n) is 8.08. The van der Waals surface area contributed by atoms with Crippen LogP contribution in [0.3, 0.4) is 0 Å². The standard InChI is InChI=1S/C19H26N4O4/c1-11(2)10-22-16-12(7-8-19(3,4)27)9-20-23(16)18(26)14(17(22)25)15(24)21-13-5-6-13/h7-9,11,13,25,27H,5-6,10H2,1-4H3,(H,21,24)/b8-7+. The number of amides is 1. The lowest BCUT2D eigenvalue weighted by molar-refractivity contribution is 0.0944. The summed E-state index contributed by atoms with van der Waals surface area (Å²) < 4.78 is 2.67. The molecule has 8 nitrogen and oxygen atoms in total. The van der Waals surface area contributed by atoms with Crippen molar-refractivity contribution in [3.8, 4) is 5.88 Å². The van der Waals surface area contributed by atoms with E-state index < -0.39 is 17.1 Å². The second-order valence-corrected chi connectivity index (χ2v) is 8.08. The van der Waals surface area contributed by atoms with Gasteiger partial charge >= 0.3 is 0 Å². The lowest BCUT2D eigenvalue weighted by Crippen LogP contribution is -2.34. The summed E-state index contributed by atoms with van der Waals surface area (Å²) in [6, 6.07) is 0.0634. The molecule has 0 unspecified atom stereocenters. The van der Waals surface area contributed by atoms with E-state index in [0.717, 1.165) is 17.4 Å². The van der Waals surface area contributed by atoms with Gasteiger partial charge in [0, 0.05) is 18.2 Å². The number of nitrogens with one attached hydrogen (secondary N) is 1. The van der Waals surface area contributed by atoms with Gasteiger partial charge in [0.15, 0.2) is 5.56 Å². The Morgan fingerprint density at radius 2 is 2.11 bits per heavy atom. The van der Waals surface area contributed by atoms with Crippen molar-refractivity contribution in [3.05, 3.63) is 33.8 Å². The van der Waals surface area contributed by atoms with E-state index in [0.29, 0.717) is 17.8 Å². The van der Waals surface area contributed by atoms with Crippen molar-refractivity contribution < 1.29 is 15.0 Å². The first-order valence-corrected chi connectivity index (χ1v) is 9.14. The zero-order chi connectivity index (χ0) is 19.9. The van der Waals surface area contributed by atoms with E-state index in [2.05, 4.69) is 10.4 Å². The molecular formula is C19H26N4O4. The van der Waals surface area contributed by atoms with Crippen molar-refractivity contribution >= 4 is 17.6 Å². The molecule has 1 aliphatic rings. The maximum atomic E-state index is 12.8. The molecule has 1 fully saturated rings. The summed E-state index contributed by atoms with van der Waals surface area (Å²) in [6.45, 7) is 7.61. The molecule has 8 heteroatoms. The number of fused-ring (bicyclic) bond motifs is 1. The van der Waals surface area contributed by atoms with Crippen LogP contribution in [-0.4, -0.2) is 41.9 Å². The minimum absolute atomic E-state index is 0.0634. The second kappa shape index (κ2) is 6.84. The normalized spacial score (nSPS) is 15.2. The number of nitrogens with zero attached hydrogens (tertiary/aromatic N) is 3. The number of aromatic hydroxyl groups is 1. The van der Waals surface area contributed by atoms with Crippen LogP contribution in [0.5, 0.6) is 5.88 Å². The third-order valence-corrected chi connectivity index (χ3v) is 4.27. The van der Waals surface area contributed by atoms with Crippen LogP contribution in [-0.2, 0) is 6.54 Å². The summed E-state index contributed by atoms with van der Waals surface area (Å²) in [6.07, 6.45) is 6.48. The van der Waals surface area contributed by atoms with E-state index in [-0.39, 0.29) is 23.4 Å². The van der Waals surface area contributed by atoms with Gasteiger partial charge < -0.3 is 15.5 Å². The van der Waals surface area contributed by atoms with Gasteiger partial charge in [0.25, 0.3) is 11.5 Å². The number of carbonyl (C=O) groups excluding carboxylic acids is 1. The summed E-state index contributed by atoms with van der Waals surface area (Å²) in [5.41, 5.74) is -1.04. The van der Waals surface area contributed by atoms with E-state index in [1.807, 2.05) is 13.8 Å². The highest BCUT2D eigenvalue weighted by Gasteiger charge is 2.29. The molecule has 3 rings (SSSR count). The molecule has 0 bridgehead atoms. The van der Waals surface area contributed by atoms with E-state index in [9.17, 15) is 19.8 Å². The van der Waals surface area contributed by atoms with Crippen molar-refractivity contribution in [2.45, 2.75) is 58.7 Å². The number of rotatable bonds is 6. The van der Waals surface area contributed by atoms with Gasteiger partial charge in [-0.25, -0.2) is 0 Å². The fourth-order valence-electron chi connectivity index (χ4n) is 2.84. The predicted octanol–water partition coefficient (Wildman–Crippen LogP) is 1.53. The molecule has 1 amide bonds. The van der Waals surface area contributed by atoms with Crippen LogP contribution in [0.15, 0.2) is 17.1 Å². The summed E-state index contributed by atoms with van der Waals surface area (Å²) in [5, 5.41) is 27.6. The van der Waals surface area contributed by atoms with Crippen LogP contribution in [0.4, 0.5) is 0 Å². The van der Waals surface area contributed by atoms with Crippen molar-refractivity contribution in [1.82, 2.24) is 19.5 Å². The molecule has 1 aliphatic carbocycles. The van der Waals surface area contributed by atoms with Gasteiger partial charge in [0.1, 0.15) is 5.65 Å². The molecule has 0 aliphatic heterocycles. The molecule has 2 aromatic rings. The summed E-state index contributed by atoms with van der Waals surface area (Å²) in [5.74, 6) is -0.788. The van der Waals surface area contributed by atoms with Crippen LogP contribution in [0.25, 0.3) is 11.7 Å².